The quantitative estimate of drug-likeness (QED) is 0.479. The third-order valence-electron chi connectivity index (χ3n) is 13.1. The zero-order chi connectivity index (χ0) is 25.1. The summed E-state index contributed by atoms with van der Waals surface area (Å²) < 4.78 is 0. The lowest BCUT2D eigenvalue weighted by molar-refractivity contribution is -0.228. The summed E-state index contributed by atoms with van der Waals surface area (Å²) in [5.74, 6) is 2.19. The summed E-state index contributed by atoms with van der Waals surface area (Å²) >= 11 is 0. The Bertz CT molecular complexity index is 958. The lowest BCUT2D eigenvalue weighted by Gasteiger charge is -2.72. The minimum absolute atomic E-state index is 0.0341. The molecule has 5 aliphatic carbocycles. The molecule has 0 unspecified atom stereocenters. The number of fused-ring (bicyclic) bond motifs is 7. The Morgan fingerprint density at radius 2 is 1.56 bits per heavy atom. The van der Waals surface area contributed by atoms with Crippen molar-refractivity contribution in [3.63, 3.8) is 0 Å². The number of rotatable bonds is 2. The number of allylic oxidation sites excluding steroid dienone is 2. The van der Waals surface area contributed by atoms with Gasteiger partial charge in [-0.3, -0.25) is 9.59 Å². The zero-order valence-electron chi connectivity index (χ0n) is 23.0. The second-order valence-corrected chi connectivity index (χ2v) is 14.7. The van der Waals surface area contributed by atoms with Gasteiger partial charge in [-0.2, -0.15) is 0 Å². The molecule has 4 saturated carbocycles. The maximum atomic E-state index is 13.3. The number of aliphatic hydroxyl groups excluding tert-OH is 1. The summed E-state index contributed by atoms with van der Waals surface area (Å²) in [6.45, 7) is 18.3. The molecule has 0 spiro atoms. The summed E-state index contributed by atoms with van der Waals surface area (Å²) in [5.41, 5.74) is 2.29. The van der Waals surface area contributed by atoms with E-state index in [1.165, 1.54) is 24.8 Å². The van der Waals surface area contributed by atoms with E-state index in [0.29, 0.717) is 24.2 Å². The molecular formula is C31H48O3. The van der Waals surface area contributed by atoms with Crippen LogP contribution in [-0.2, 0) is 9.59 Å². The van der Waals surface area contributed by atoms with Gasteiger partial charge in [0.15, 0.2) is 5.78 Å². The Morgan fingerprint density at radius 1 is 0.882 bits per heavy atom. The fraction of sp³-hybridized carbons (Fsp3) is 0.871. The van der Waals surface area contributed by atoms with Gasteiger partial charge in [0.1, 0.15) is 5.78 Å². The summed E-state index contributed by atoms with van der Waals surface area (Å²) in [4.78, 5) is 26.5. The highest BCUT2D eigenvalue weighted by molar-refractivity contribution is 6.06. The lowest BCUT2D eigenvalue weighted by atomic mass is 9.33. The molecule has 0 aromatic carbocycles. The summed E-state index contributed by atoms with van der Waals surface area (Å²) in [6, 6.07) is 0. The topological polar surface area (TPSA) is 54.4 Å². The van der Waals surface area contributed by atoms with Crippen molar-refractivity contribution in [3.8, 4) is 0 Å². The molecule has 0 aliphatic heterocycles. The van der Waals surface area contributed by atoms with Gasteiger partial charge in [-0.15, -0.1) is 0 Å². The number of hydrogen-bond acceptors (Lipinski definition) is 3. The van der Waals surface area contributed by atoms with E-state index < -0.39 is 5.41 Å². The first kappa shape index (κ1) is 24.7. The van der Waals surface area contributed by atoms with E-state index in [-0.39, 0.29) is 45.2 Å². The number of carbonyl (C=O) groups is 2. The van der Waals surface area contributed by atoms with Crippen molar-refractivity contribution >= 4 is 11.6 Å². The highest BCUT2D eigenvalue weighted by Gasteiger charge is 2.70. The molecule has 3 nitrogen and oxygen atoms in total. The molecular weight excluding hydrogens is 420 g/mol. The maximum Gasteiger partial charge on any atom is 0.160 e. The molecule has 0 aromatic rings. The zero-order valence-corrected chi connectivity index (χ0v) is 23.0. The molecule has 5 rings (SSSR count). The minimum atomic E-state index is -0.526. The largest absolute Gasteiger partial charge is 0.393 e. The molecule has 8 atom stereocenters. The molecule has 0 bridgehead atoms. The Morgan fingerprint density at radius 3 is 2.18 bits per heavy atom. The van der Waals surface area contributed by atoms with Crippen LogP contribution in [0.4, 0.5) is 0 Å². The Kier molecular flexibility index (Phi) is 5.31. The highest BCUT2D eigenvalue weighted by Crippen LogP contribution is 2.76. The van der Waals surface area contributed by atoms with Crippen molar-refractivity contribution in [3.05, 3.63) is 11.1 Å². The third kappa shape index (κ3) is 2.74. The van der Waals surface area contributed by atoms with Crippen LogP contribution in [0.1, 0.15) is 113 Å². The molecule has 34 heavy (non-hydrogen) atoms. The lowest BCUT2D eigenvalue weighted by Crippen LogP contribution is -2.65. The number of carbonyl (C=O) groups excluding carboxylic acids is 2. The first-order chi connectivity index (χ1) is 15.7. The minimum Gasteiger partial charge on any atom is -0.393 e. The molecule has 0 radical (unpaired) electrons. The van der Waals surface area contributed by atoms with Crippen LogP contribution in [0.5, 0.6) is 0 Å². The van der Waals surface area contributed by atoms with Gasteiger partial charge >= 0.3 is 0 Å². The first-order valence-electron chi connectivity index (χ1n) is 14.1. The van der Waals surface area contributed by atoms with Crippen molar-refractivity contribution in [1.29, 1.82) is 0 Å². The van der Waals surface area contributed by atoms with E-state index in [4.69, 9.17) is 0 Å². The molecule has 3 heteroatoms. The normalized spacial score (nSPS) is 49.9. The van der Waals surface area contributed by atoms with Gasteiger partial charge in [-0.05, 0) is 115 Å². The molecule has 0 amide bonds. The first-order valence-corrected chi connectivity index (χ1v) is 14.1. The molecule has 0 saturated heterocycles. The monoisotopic (exact) mass is 468 g/mol. The molecule has 0 heterocycles. The van der Waals surface area contributed by atoms with E-state index >= 15 is 0 Å². The molecule has 190 valence electrons. The van der Waals surface area contributed by atoms with E-state index in [0.717, 1.165) is 37.7 Å². The second-order valence-electron chi connectivity index (χ2n) is 14.7. The standard InChI is InChI=1S/C31H48O3/c1-18(2)25-21(33)17-31(19(3)32)16-15-29(7)20(26(25)31)9-10-23-28(6)13-12-24(34)27(4,5)22(28)11-14-30(23,29)8/h18,20,22-24,34H,9-17H2,1-8H3/t20-,22+,23-,24+,28+,29-,30-,31+/m1/s1. The molecule has 4 fully saturated rings. The predicted octanol–water partition coefficient (Wildman–Crippen LogP) is 6.92. The van der Waals surface area contributed by atoms with Crippen LogP contribution in [0.3, 0.4) is 0 Å². The van der Waals surface area contributed by atoms with Gasteiger partial charge in [0, 0.05) is 6.42 Å². The highest BCUT2D eigenvalue weighted by atomic mass is 16.3. The summed E-state index contributed by atoms with van der Waals surface area (Å²) in [5, 5.41) is 10.9. The number of Topliss-reactive ketones (excluding diaryl/α,β-unsaturated/α-hetero) is 2. The van der Waals surface area contributed by atoms with Gasteiger partial charge in [0.25, 0.3) is 0 Å². The van der Waals surface area contributed by atoms with Gasteiger partial charge in [-0.25, -0.2) is 0 Å². The second kappa shape index (κ2) is 7.30. The molecule has 5 aliphatic rings. The van der Waals surface area contributed by atoms with Crippen molar-refractivity contribution in [1.82, 2.24) is 0 Å². The van der Waals surface area contributed by atoms with Crippen LogP contribution < -0.4 is 0 Å². The van der Waals surface area contributed by atoms with E-state index in [1.54, 1.807) is 6.92 Å². The summed E-state index contributed by atoms with van der Waals surface area (Å²) in [7, 11) is 0. The number of hydrogen-bond donors (Lipinski definition) is 1. The SMILES string of the molecule is CC(=O)[C@@]12CC[C@]3(C)[C@H](CC[C@@H]4[C@@]5(C)CC[C@H](O)C(C)(C)[C@@H]5CC[C@]43C)C1=C(C(C)C)C(=O)C2. The van der Waals surface area contributed by atoms with Crippen LogP contribution in [0, 0.1) is 50.7 Å². The Labute approximate surface area is 207 Å². The van der Waals surface area contributed by atoms with Gasteiger partial charge < -0.3 is 5.11 Å². The van der Waals surface area contributed by atoms with Crippen LogP contribution in [0.2, 0.25) is 0 Å². The molecule has 1 N–H and O–H groups in total. The van der Waals surface area contributed by atoms with Crippen molar-refractivity contribution in [2.75, 3.05) is 0 Å². The van der Waals surface area contributed by atoms with E-state index in [9.17, 15) is 14.7 Å². The maximum absolute atomic E-state index is 13.3. The third-order valence-corrected chi connectivity index (χ3v) is 13.1. The average molecular weight is 469 g/mol. The van der Waals surface area contributed by atoms with Gasteiger partial charge in [0.2, 0.25) is 0 Å². The average Bonchev–Trinajstić information content (AvgIpc) is 3.05. The van der Waals surface area contributed by atoms with Crippen molar-refractivity contribution < 1.29 is 14.7 Å². The summed E-state index contributed by atoms with van der Waals surface area (Å²) in [6.07, 6.45) is 8.84. The van der Waals surface area contributed by atoms with Crippen LogP contribution in [0.25, 0.3) is 0 Å². The van der Waals surface area contributed by atoms with Crippen LogP contribution >= 0.6 is 0 Å². The Hall–Kier alpha value is -0.960. The van der Waals surface area contributed by atoms with Crippen molar-refractivity contribution in [2.24, 2.45) is 50.7 Å². The van der Waals surface area contributed by atoms with Crippen LogP contribution in [0.15, 0.2) is 11.1 Å². The van der Waals surface area contributed by atoms with Gasteiger partial charge in [0.05, 0.1) is 11.5 Å². The van der Waals surface area contributed by atoms with E-state index in [2.05, 4.69) is 48.5 Å². The van der Waals surface area contributed by atoms with Crippen molar-refractivity contribution in [2.45, 2.75) is 119 Å². The predicted molar refractivity (Wildman–Crippen MR) is 136 cm³/mol. The Balaban J connectivity index is 1.62. The molecule has 0 aromatic heterocycles. The number of ketones is 2. The fourth-order valence-corrected chi connectivity index (χ4v) is 11.1. The van der Waals surface area contributed by atoms with Crippen LogP contribution in [-0.4, -0.2) is 22.8 Å². The smallest absolute Gasteiger partial charge is 0.160 e. The van der Waals surface area contributed by atoms with E-state index in [1.807, 2.05) is 0 Å². The van der Waals surface area contributed by atoms with Gasteiger partial charge in [-0.1, -0.05) is 48.5 Å². The fourth-order valence-electron chi connectivity index (χ4n) is 11.1. The number of aliphatic hydroxyl groups is 1.